The summed E-state index contributed by atoms with van der Waals surface area (Å²) in [6.07, 6.45) is 1.63. The fraction of sp³-hybridized carbons (Fsp3) is 0.333. The van der Waals surface area contributed by atoms with Crippen LogP contribution in [0.1, 0.15) is 0 Å². The molecule has 2 aromatic rings. The van der Waals surface area contributed by atoms with Gasteiger partial charge in [0.05, 0.1) is 30.6 Å². The number of aromatic amines is 1. The molecule has 0 aliphatic carbocycles. The van der Waals surface area contributed by atoms with Crippen LogP contribution >= 0.6 is 0 Å². The van der Waals surface area contributed by atoms with Crippen LogP contribution in [0.4, 0.5) is 5.69 Å². The number of aromatic nitrogens is 2. The zero-order chi connectivity index (χ0) is 12.6. The van der Waals surface area contributed by atoms with Gasteiger partial charge in [-0.3, -0.25) is 4.79 Å². The zero-order valence-electron chi connectivity index (χ0n) is 9.64. The van der Waals surface area contributed by atoms with Gasteiger partial charge in [-0.25, -0.2) is 4.98 Å². The monoisotopic (exact) mass is 247 g/mol. The van der Waals surface area contributed by atoms with Crippen molar-refractivity contribution in [2.75, 3.05) is 25.1 Å². The summed E-state index contributed by atoms with van der Waals surface area (Å²) in [5.41, 5.74) is 1.90. The number of imidazole rings is 1. The maximum atomic E-state index is 11.2. The van der Waals surface area contributed by atoms with Crippen LogP contribution < -0.4 is 5.32 Å². The Bertz CT molecular complexity index is 589. The number of carbonyl (C=O) groups is 1. The second-order valence-corrected chi connectivity index (χ2v) is 4.57. The predicted octanol–water partition coefficient (Wildman–Crippen LogP) is 1.08. The van der Waals surface area contributed by atoms with Crippen LogP contribution in [0.3, 0.4) is 0 Å². The van der Waals surface area contributed by atoms with E-state index in [1.165, 1.54) is 0 Å². The van der Waals surface area contributed by atoms with E-state index in [1.807, 2.05) is 18.2 Å². The molecule has 1 saturated heterocycles. The number of carboxylic acids is 1. The van der Waals surface area contributed by atoms with Crippen LogP contribution in [0.15, 0.2) is 24.5 Å². The van der Waals surface area contributed by atoms with E-state index in [-0.39, 0.29) is 13.2 Å². The van der Waals surface area contributed by atoms with Gasteiger partial charge in [0.15, 0.2) is 0 Å². The summed E-state index contributed by atoms with van der Waals surface area (Å²) < 4.78 is 5.01. The van der Waals surface area contributed by atoms with E-state index in [2.05, 4.69) is 15.3 Å². The van der Waals surface area contributed by atoms with E-state index >= 15 is 0 Å². The van der Waals surface area contributed by atoms with Crippen molar-refractivity contribution < 1.29 is 14.6 Å². The number of hydrogen-bond donors (Lipinski definition) is 3. The maximum Gasteiger partial charge on any atom is 0.316 e. The third-order valence-corrected chi connectivity index (χ3v) is 3.26. The lowest BCUT2D eigenvalue weighted by atomic mass is 9.86. The summed E-state index contributed by atoms with van der Waals surface area (Å²) in [6, 6.07) is 5.69. The molecule has 6 heteroatoms. The third-order valence-electron chi connectivity index (χ3n) is 3.26. The van der Waals surface area contributed by atoms with Crippen LogP contribution in [0.2, 0.25) is 0 Å². The van der Waals surface area contributed by atoms with Crippen molar-refractivity contribution in [3.05, 3.63) is 24.5 Å². The topological polar surface area (TPSA) is 87.2 Å². The highest BCUT2D eigenvalue weighted by Gasteiger charge is 2.46. The van der Waals surface area contributed by atoms with Crippen molar-refractivity contribution in [2.45, 2.75) is 0 Å². The Morgan fingerprint density at radius 3 is 3.06 bits per heavy atom. The Balaban J connectivity index is 1.74. The lowest BCUT2D eigenvalue weighted by Crippen LogP contribution is -2.53. The molecule has 3 N–H and O–H groups in total. The SMILES string of the molecule is O=C(O)C1(CNc2ccc3nc[nH]c3c2)COC1. The number of rotatable bonds is 4. The van der Waals surface area contributed by atoms with Crippen molar-refractivity contribution >= 4 is 22.7 Å². The molecule has 1 aromatic heterocycles. The van der Waals surface area contributed by atoms with Gasteiger partial charge in [0.1, 0.15) is 5.41 Å². The van der Waals surface area contributed by atoms with E-state index in [0.29, 0.717) is 6.54 Å². The number of aliphatic carboxylic acids is 1. The largest absolute Gasteiger partial charge is 0.481 e. The van der Waals surface area contributed by atoms with E-state index < -0.39 is 11.4 Å². The number of carboxylic acid groups (broad SMARTS) is 1. The summed E-state index contributed by atoms with van der Waals surface area (Å²) >= 11 is 0. The molecule has 1 aliphatic heterocycles. The van der Waals surface area contributed by atoms with Crippen LogP contribution in [0.5, 0.6) is 0 Å². The van der Waals surface area contributed by atoms with Gasteiger partial charge in [-0.15, -0.1) is 0 Å². The smallest absolute Gasteiger partial charge is 0.316 e. The molecule has 1 aromatic carbocycles. The van der Waals surface area contributed by atoms with Crippen LogP contribution in [-0.2, 0) is 9.53 Å². The van der Waals surface area contributed by atoms with Crippen LogP contribution in [0, 0.1) is 5.41 Å². The molecule has 0 atom stereocenters. The number of H-pyrrole nitrogens is 1. The number of anilines is 1. The molecule has 18 heavy (non-hydrogen) atoms. The Hall–Kier alpha value is -2.08. The molecule has 0 amide bonds. The van der Waals surface area contributed by atoms with Crippen molar-refractivity contribution in [1.29, 1.82) is 0 Å². The molecule has 0 bridgehead atoms. The molecule has 2 heterocycles. The molecule has 94 valence electrons. The molecule has 1 fully saturated rings. The van der Waals surface area contributed by atoms with Gasteiger partial charge in [-0.05, 0) is 18.2 Å². The minimum atomic E-state index is -0.816. The van der Waals surface area contributed by atoms with Gasteiger partial charge in [-0.2, -0.15) is 0 Å². The molecule has 0 radical (unpaired) electrons. The molecule has 0 spiro atoms. The molecular weight excluding hydrogens is 234 g/mol. The predicted molar refractivity (Wildman–Crippen MR) is 65.5 cm³/mol. The van der Waals surface area contributed by atoms with Crippen LogP contribution in [0.25, 0.3) is 11.0 Å². The lowest BCUT2D eigenvalue weighted by Gasteiger charge is -2.37. The van der Waals surface area contributed by atoms with Gasteiger partial charge in [0, 0.05) is 12.2 Å². The summed E-state index contributed by atoms with van der Waals surface area (Å²) in [6.45, 7) is 0.894. The quantitative estimate of drug-likeness (QED) is 0.752. The summed E-state index contributed by atoms with van der Waals surface area (Å²) in [5, 5.41) is 12.3. The molecule has 6 nitrogen and oxygen atoms in total. The highest BCUT2D eigenvalue weighted by Crippen LogP contribution is 2.28. The van der Waals surface area contributed by atoms with Crippen LogP contribution in [-0.4, -0.2) is 40.8 Å². The number of hydrogen-bond acceptors (Lipinski definition) is 4. The number of nitrogens with one attached hydrogen (secondary N) is 2. The van der Waals surface area contributed by atoms with Gasteiger partial charge in [-0.1, -0.05) is 0 Å². The van der Waals surface area contributed by atoms with E-state index in [4.69, 9.17) is 9.84 Å². The second kappa shape index (κ2) is 3.99. The van der Waals surface area contributed by atoms with Crippen molar-refractivity contribution in [1.82, 2.24) is 9.97 Å². The average molecular weight is 247 g/mol. The average Bonchev–Trinajstić information content (AvgIpc) is 2.74. The number of benzene rings is 1. The van der Waals surface area contributed by atoms with E-state index in [0.717, 1.165) is 16.7 Å². The van der Waals surface area contributed by atoms with E-state index in [1.54, 1.807) is 6.33 Å². The first-order valence-corrected chi connectivity index (χ1v) is 5.68. The van der Waals surface area contributed by atoms with Crippen molar-refractivity contribution in [2.24, 2.45) is 5.41 Å². The third kappa shape index (κ3) is 1.70. The minimum Gasteiger partial charge on any atom is -0.481 e. The maximum absolute atomic E-state index is 11.2. The highest BCUT2D eigenvalue weighted by atomic mass is 16.5. The fourth-order valence-electron chi connectivity index (χ4n) is 1.97. The molecule has 1 aliphatic rings. The molecule has 0 saturated carbocycles. The molecule has 3 rings (SSSR count). The molecule has 0 unspecified atom stereocenters. The minimum absolute atomic E-state index is 0.266. The second-order valence-electron chi connectivity index (χ2n) is 4.57. The number of fused-ring (bicyclic) bond motifs is 1. The summed E-state index contributed by atoms with van der Waals surface area (Å²) in [5.74, 6) is -0.816. The number of ether oxygens (including phenoxy) is 1. The van der Waals surface area contributed by atoms with Gasteiger partial charge in [0.2, 0.25) is 0 Å². The Labute approximate surface area is 103 Å². The first kappa shape index (κ1) is 11.0. The highest BCUT2D eigenvalue weighted by molar-refractivity contribution is 5.80. The Morgan fingerprint density at radius 1 is 1.56 bits per heavy atom. The lowest BCUT2D eigenvalue weighted by molar-refractivity contribution is -0.176. The van der Waals surface area contributed by atoms with Gasteiger partial charge in [0.25, 0.3) is 0 Å². The first-order chi connectivity index (χ1) is 8.70. The molecular formula is C12H13N3O3. The van der Waals surface area contributed by atoms with Gasteiger partial charge >= 0.3 is 5.97 Å². The van der Waals surface area contributed by atoms with E-state index in [9.17, 15) is 4.79 Å². The normalized spacial score (nSPS) is 17.3. The number of nitrogens with zero attached hydrogens (tertiary/aromatic N) is 1. The summed E-state index contributed by atoms with van der Waals surface area (Å²) in [7, 11) is 0. The Kier molecular flexibility index (Phi) is 2.45. The van der Waals surface area contributed by atoms with Crippen molar-refractivity contribution in [3.63, 3.8) is 0 Å². The van der Waals surface area contributed by atoms with Gasteiger partial charge < -0.3 is 20.1 Å². The first-order valence-electron chi connectivity index (χ1n) is 5.68. The van der Waals surface area contributed by atoms with Crippen molar-refractivity contribution in [3.8, 4) is 0 Å². The zero-order valence-corrected chi connectivity index (χ0v) is 9.64. The fourth-order valence-corrected chi connectivity index (χ4v) is 1.97. The summed E-state index contributed by atoms with van der Waals surface area (Å²) in [4.78, 5) is 18.3. The Morgan fingerprint density at radius 2 is 2.39 bits per heavy atom. The standard InChI is InChI=1S/C12H13N3O3/c16-11(17)12(5-18-6-12)4-13-8-1-2-9-10(3-8)15-7-14-9/h1-3,7,13H,4-6H2,(H,14,15)(H,16,17).